The Kier molecular flexibility index (Phi) is 5.25. The Morgan fingerprint density at radius 1 is 1.21 bits per heavy atom. The molecule has 1 aromatic heterocycles. The third-order valence-corrected chi connectivity index (χ3v) is 7.51. The number of rotatable bonds is 4. The molecular weight excluding hydrogens is 376 g/mol. The lowest BCUT2D eigenvalue weighted by Gasteiger charge is -2.36. The molecule has 150 valence electrons. The fourth-order valence-electron chi connectivity index (χ4n) is 4.08. The number of carbonyl (C=O) groups is 1. The van der Waals surface area contributed by atoms with Crippen molar-refractivity contribution in [2.75, 3.05) is 19.6 Å². The van der Waals surface area contributed by atoms with Crippen LogP contribution in [0.15, 0.2) is 41.8 Å². The summed E-state index contributed by atoms with van der Waals surface area (Å²) in [7, 11) is -3.67. The first-order valence-corrected chi connectivity index (χ1v) is 11.3. The average molecular weight is 403 g/mol. The van der Waals surface area contributed by atoms with E-state index in [4.69, 9.17) is 0 Å². The van der Waals surface area contributed by atoms with E-state index in [0.717, 1.165) is 12.8 Å². The topological polar surface area (TPSA) is 75.5 Å². The van der Waals surface area contributed by atoms with Crippen molar-refractivity contribution in [3.8, 4) is 0 Å². The zero-order chi connectivity index (χ0) is 19.7. The van der Waals surface area contributed by atoms with E-state index in [9.17, 15) is 13.2 Å². The number of hydrogen-bond donors (Lipinski definition) is 0. The Morgan fingerprint density at radius 3 is 2.75 bits per heavy atom. The molecule has 0 N–H and O–H groups in total. The summed E-state index contributed by atoms with van der Waals surface area (Å²) < 4.78 is 29.1. The normalized spacial score (nSPS) is 20.8. The molecule has 1 amide bonds. The SMILES string of the molecule is CCn1cnc(S(=O)(=O)N2CCC[C@H](C(=O)N3CCc4ccccc4C3)C2)c1. The number of fused-ring (bicyclic) bond motifs is 1. The van der Waals surface area contributed by atoms with Crippen LogP contribution in [-0.2, 0) is 34.3 Å². The maximum atomic E-state index is 13.1. The summed E-state index contributed by atoms with van der Waals surface area (Å²) in [6.45, 7) is 4.58. The van der Waals surface area contributed by atoms with E-state index in [1.807, 2.05) is 24.0 Å². The van der Waals surface area contributed by atoms with Crippen molar-refractivity contribution in [2.45, 2.75) is 44.3 Å². The van der Waals surface area contributed by atoms with Gasteiger partial charge >= 0.3 is 0 Å². The predicted molar refractivity (Wildman–Crippen MR) is 105 cm³/mol. The van der Waals surface area contributed by atoms with Crippen LogP contribution in [0.5, 0.6) is 0 Å². The van der Waals surface area contributed by atoms with Crippen LogP contribution in [0.2, 0.25) is 0 Å². The van der Waals surface area contributed by atoms with Gasteiger partial charge in [0, 0.05) is 38.9 Å². The van der Waals surface area contributed by atoms with Gasteiger partial charge in [-0.25, -0.2) is 13.4 Å². The number of hydrogen-bond acceptors (Lipinski definition) is 4. The number of sulfonamides is 1. The number of imidazole rings is 1. The summed E-state index contributed by atoms with van der Waals surface area (Å²) in [5.74, 6) is -0.226. The minimum Gasteiger partial charge on any atom is -0.338 e. The summed E-state index contributed by atoms with van der Waals surface area (Å²) in [5.41, 5.74) is 2.48. The molecule has 1 saturated heterocycles. The molecule has 1 atom stereocenters. The van der Waals surface area contributed by atoms with E-state index < -0.39 is 10.0 Å². The number of benzene rings is 1. The van der Waals surface area contributed by atoms with E-state index in [2.05, 4.69) is 17.1 Å². The number of nitrogens with zero attached hydrogens (tertiary/aromatic N) is 4. The molecule has 1 fully saturated rings. The average Bonchev–Trinajstić information content (AvgIpc) is 3.23. The minimum atomic E-state index is -3.67. The molecule has 2 aromatic rings. The molecule has 28 heavy (non-hydrogen) atoms. The molecule has 2 aliphatic rings. The van der Waals surface area contributed by atoms with Crippen molar-refractivity contribution < 1.29 is 13.2 Å². The summed E-state index contributed by atoms with van der Waals surface area (Å²) in [6, 6.07) is 8.20. The third-order valence-electron chi connectivity index (χ3n) is 5.75. The summed E-state index contributed by atoms with van der Waals surface area (Å²) >= 11 is 0. The molecule has 3 heterocycles. The molecule has 0 aliphatic carbocycles. The highest BCUT2D eigenvalue weighted by Gasteiger charge is 2.36. The Labute approximate surface area is 166 Å². The Hall–Kier alpha value is -2.19. The van der Waals surface area contributed by atoms with Gasteiger partial charge in [-0.15, -0.1) is 0 Å². The van der Waals surface area contributed by atoms with Crippen LogP contribution in [0.25, 0.3) is 0 Å². The Balaban J connectivity index is 1.47. The molecule has 2 aliphatic heterocycles. The molecular formula is C20H26N4O3S. The van der Waals surface area contributed by atoms with Gasteiger partial charge in [-0.3, -0.25) is 4.79 Å². The standard InChI is InChI=1S/C20H26N4O3S/c1-2-22-14-19(21-15-22)28(26,27)24-10-5-8-18(13-24)20(25)23-11-9-16-6-3-4-7-17(16)12-23/h3-4,6-7,14-15,18H,2,5,8-13H2,1H3/t18-/m0/s1. The lowest BCUT2D eigenvalue weighted by Crippen LogP contribution is -2.47. The molecule has 1 aromatic carbocycles. The van der Waals surface area contributed by atoms with Gasteiger partial charge in [0.15, 0.2) is 5.03 Å². The van der Waals surface area contributed by atoms with Crippen LogP contribution in [0, 0.1) is 5.92 Å². The van der Waals surface area contributed by atoms with E-state index >= 15 is 0 Å². The van der Waals surface area contributed by atoms with Crippen LogP contribution in [0.1, 0.15) is 30.9 Å². The third kappa shape index (κ3) is 3.58. The van der Waals surface area contributed by atoms with Crippen LogP contribution in [-0.4, -0.2) is 52.7 Å². The lowest BCUT2D eigenvalue weighted by molar-refractivity contribution is -0.137. The van der Waals surface area contributed by atoms with E-state index in [-0.39, 0.29) is 23.4 Å². The van der Waals surface area contributed by atoms with Crippen molar-refractivity contribution in [3.05, 3.63) is 47.9 Å². The molecule has 0 spiro atoms. The number of aryl methyl sites for hydroxylation is 1. The Bertz CT molecular complexity index is 969. The second kappa shape index (κ2) is 7.67. The zero-order valence-electron chi connectivity index (χ0n) is 16.1. The molecule has 7 nitrogen and oxygen atoms in total. The van der Waals surface area contributed by atoms with Crippen LogP contribution in [0.3, 0.4) is 0 Å². The van der Waals surface area contributed by atoms with Crippen LogP contribution in [0.4, 0.5) is 0 Å². The highest BCUT2D eigenvalue weighted by Crippen LogP contribution is 2.27. The Morgan fingerprint density at radius 2 is 2.00 bits per heavy atom. The van der Waals surface area contributed by atoms with E-state index in [1.165, 1.54) is 21.8 Å². The quantitative estimate of drug-likeness (QED) is 0.783. The lowest BCUT2D eigenvalue weighted by atomic mass is 9.95. The first-order chi connectivity index (χ1) is 13.5. The van der Waals surface area contributed by atoms with E-state index in [0.29, 0.717) is 32.6 Å². The van der Waals surface area contributed by atoms with Gasteiger partial charge in [0.25, 0.3) is 10.0 Å². The summed E-state index contributed by atoms with van der Waals surface area (Å²) in [6.07, 6.45) is 5.36. The largest absolute Gasteiger partial charge is 0.338 e. The summed E-state index contributed by atoms with van der Waals surface area (Å²) in [4.78, 5) is 19.0. The molecule has 0 saturated carbocycles. The molecule has 0 unspecified atom stereocenters. The monoisotopic (exact) mass is 402 g/mol. The van der Waals surface area contributed by atoms with Crippen molar-refractivity contribution in [3.63, 3.8) is 0 Å². The van der Waals surface area contributed by atoms with Crippen molar-refractivity contribution in [2.24, 2.45) is 5.92 Å². The first-order valence-electron chi connectivity index (χ1n) is 9.86. The first kappa shape index (κ1) is 19.1. The summed E-state index contributed by atoms with van der Waals surface area (Å²) in [5, 5.41) is 0.0642. The maximum absolute atomic E-state index is 13.1. The highest BCUT2D eigenvalue weighted by atomic mass is 32.2. The van der Waals surface area contributed by atoms with Gasteiger partial charge in [-0.2, -0.15) is 4.31 Å². The van der Waals surface area contributed by atoms with Gasteiger partial charge in [0.2, 0.25) is 5.91 Å². The van der Waals surface area contributed by atoms with E-state index in [1.54, 1.807) is 10.8 Å². The molecule has 4 rings (SSSR count). The van der Waals surface area contributed by atoms with Crippen molar-refractivity contribution in [1.82, 2.24) is 18.8 Å². The second-order valence-corrected chi connectivity index (χ2v) is 9.41. The fourth-order valence-corrected chi connectivity index (χ4v) is 5.54. The zero-order valence-corrected chi connectivity index (χ0v) is 16.9. The maximum Gasteiger partial charge on any atom is 0.262 e. The van der Waals surface area contributed by atoms with Crippen molar-refractivity contribution in [1.29, 1.82) is 0 Å². The van der Waals surface area contributed by atoms with Crippen molar-refractivity contribution >= 4 is 15.9 Å². The van der Waals surface area contributed by atoms with Gasteiger partial charge < -0.3 is 9.47 Å². The fraction of sp³-hybridized carbons (Fsp3) is 0.500. The van der Waals surface area contributed by atoms with Crippen LogP contribution >= 0.6 is 0 Å². The molecule has 0 radical (unpaired) electrons. The highest BCUT2D eigenvalue weighted by molar-refractivity contribution is 7.89. The smallest absolute Gasteiger partial charge is 0.262 e. The van der Waals surface area contributed by atoms with Gasteiger partial charge in [-0.05, 0) is 37.3 Å². The van der Waals surface area contributed by atoms with Crippen LogP contribution < -0.4 is 0 Å². The number of amides is 1. The number of carbonyl (C=O) groups excluding carboxylic acids is 1. The van der Waals surface area contributed by atoms with Gasteiger partial charge in [0.05, 0.1) is 12.2 Å². The molecule has 0 bridgehead atoms. The molecule has 8 heteroatoms. The van der Waals surface area contributed by atoms with Gasteiger partial charge in [0.1, 0.15) is 0 Å². The van der Waals surface area contributed by atoms with Gasteiger partial charge in [-0.1, -0.05) is 24.3 Å². The number of piperidine rings is 1. The second-order valence-electron chi connectivity index (χ2n) is 7.52. The minimum absolute atomic E-state index is 0.0634. The predicted octanol–water partition coefficient (Wildman–Crippen LogP) is 1.89. The number of aromatic nitrogens is 2.